The van der Waals surface area contributed by atoms with Crippen LogP contribution in [0.5, 0.6) is 0 Å². The van der Waals surface area contributed by atoms with Gasteiger partial charge in [0, 0.05) is 50.3 Å². The van der Waals surface area contributed by atoms with E-state index < -0.39 is 35.3 Å². The van der Waals surface area contributed by atoms with Crippen LogP contribution in [0, 0.1) is 16.7 Å². The van der Waals surface area contributed by atoms with E-state index in [4.69, 9.17) is 18.6 Å². The maximum atomic E-state index is 14.0. The van der Waals surface area contributed by atoms with E-state index in [0.29, 0.717) is 45.3 Å². The number of hydrogen-bond donors (Lipinski definition) is 2. The molecule has 6 heterocycles. The summed E-state index contributed by atoms with van der Waals surface area (Å²) < 4.78 is 62.6. The summed E-state index contributed by atoms with van der Waals surface area (Å²) in [6.07, 6.45) is 1.46. The molecule has 5 aliphatic rings. The van der Waals surface area contributed by atoms with Gasteiger partial charge in [0.1, 0.15) is 12.3 Å². The molecule has 4 saturated heterocycles. The fourth-order valence-electron chi connectivity index (χ4n) is 7.03. The van der Waals surface area contributed by atoms with Gasteiger partial charge in [-0.1, -0.05) is 0 Å². The summed E-state index contributed by atoms with van der Waals surface area (Å²) in [7, 11) is 1.51. The molecule has 12 nitrogen and oxygen atoms in total. The van der Waals surface area contributed by atoms with E-state index in [1.54, 1.807) is 23.5 Å². The van der Waals surface area contributed by atoms with Crippen molar-refractivity contribution in [3.05, 3.63) is 28.5 Å². The Hall–Kier alpha value is -2.79. The predicted molar refractivity (Wildman–Crippen MR) is 155 cm³/mol. The lowest BCUT2D eigenvalue weighted by Gasteiger charge is -2.50. The molecule has 0 unspecified atom stereocenters. The molecule has 0 radical (unpaired) electrons. The number of thiazole rings is 1. The van der Waals surface area contributed by atoms with Crippen molar-refractivity contribution in [2.24, 2.45) is 16.7 Å². The van der Waals surface area contributed by atoms with Gasteiger partial charge in [0.05, 0.1) is 55.1 Å². The summed E-state index contributed by atoms with van der Waals surface area (Å²) in [5.74, 6) is -1.27. The molecule has 2 amide bonds. The lowest BCUT2D eigenvalue weighted by atomic mass is 9.71. The number of oxazole rings is 1. The first-order valence-corrected chi connectivity index (χ1v) is 16.1. The fourth-order valence-corrected chi connectivity index (χ4v) is 7.56. The third-order valence-electron chi connectivity index (χ3n) is 9.67. The van der Waals surface area contributed by atoms with E-state index in [-0.39, 0.29) is 43.1 Å². The molecular weight excluding hydrogens is 617 g/mol. The van der Waals surface area contributed by atoms with Crippen LogP contribution in [-0.4, -0.2) is 98.1 Å². The Balaban J connectivity index is 1.13. The van der Waals surface area contributed by atoms with E-state index in [9.17, 15) is 22.8 Å². The van der Waals surface area contributed by atoms with E-state index in [1.165, 1.54) is 18.4 Å². The number of ether oxygens (including phenoxy) is 3. The minimum absolute atomic E-state index is 0.0727. The summed E-state index contributed by atoms with van der Waals surface area (Å²) in [6.45, 7) is 4.81. The van der Waals surface area contributed by atoms with Crippen molar-refractivity contribution in [3.63, 3.8) is 0 Å². The third kappa shape index (κ3) is 6.84. The van der Waals surface area contributed by atoms with Gasteiger partial charge < -0.3 is 34.2 Å². The molecule has 2 aromatic heterocycles. The Morgan fingerprint density at radius 2 is 2.02 bits per heavy atom. The van der Waals surface area contributed by atoms with Gasteiger partial charge in [-0.15, -0.1) is 11.3 Å². The highest BCUT2D eigenvalue weighted by Crippen LogP contribution is 2.46. The van der Waals surface area contributed by atoms with Crippen LogP contribution >= 0.6 is 11.3 Å². The molecule has 2 N–H and O–H groups in total. The highest BCUT2D eigenvalue weighted by molar-refractivity contribution is 7.09. The van der Waals surface area contributed by atoms with Gasteiger partial charge in [-0.3, -0.25) is 19.5 Å². The number of halogens is 3. The van der Waals surface area contributed by atoms with Crippen LogP contribution in [0.2, 0.25) is 0 Å². The zero-order valence-corrected chi connectivity index (χ0v) is 26.1. The van der Waals surface area contributed by atoms with Gasteiger partial charge in [0.15, 0.2) is 5.69 Å². The van der Waals surface area contributed by atoms with Crippen LogP contribution in [0.1, 0.15) is 43.2 Å². The van der Waals surface area contributed by atoms with E-state index in [1.807, 2.05) is 4.90 Å². The third-order valence-corrected chi connectivity index (χ3v) is 10.4. The molecule has 1 saturated carbocycles. The van der Waals surface area contributed by atoms with Gasteiger partial charge in [-0.05, 0) is 32.6 Å². The number of hydrogen-bond acceptors (Lipinski definition) is 11. The number of nitrogens with one attached hydrogen (secondary N) is 2. The SMILES string of the molecule is CNC(=O)[C@@H](NC(=O)[C@@H]1CN(COCc2cncs2)CC12CN(c1nc(C(F)(F)F)co1)C2)[C@@H](C)OCC12CCC(CC1)OC2. The van der Waals surface area contributed by atoms with Crippen molar-refractivity contribution in [2.75, 3.05) is 58.1 Å². The molecule has 5 fully saturated rings. The minimum atomic E-state index is -4.62. The normalized spacial score (nSPS) is 27.4. The predicted octanol–water partition coefficient (Wildman–Crippen LogP) is 2.66. The average molecular weight is 657 g/mol. The van der Waals surface area contributed by atoms with Gasteiger partial charge in [0.2, 0.25) is 11.8 Å². The first kappa shape index (κ1) is 32.2. The molecule has 45 heavy (non-hydrogen) atoms. The smallest absolute Gasteiger partial charge is 0.431 e. The fraction of sp³-hybridized carbons (Fsp3) is 0.724. The molecule has 2 aromatic rings. The monoisotopic (exact) mass is 656 g/mol. The maximum Gasteiger partial charge on any atom is 0.436 e. The maximum absolute atomic E-state index is 14.0. The molecule has 2 bridgehead atoms. The molecule has 1 spiro atoms. The quantitative estimate of drug-likeness (QED) is 0.352. The first-order valence-electron chi connectivity index (χ1n) is 15.2. The molecular formula is C29H39F3N6O6S. The summed E-state index contributed by atoms with van der Waals surface area (Å²) in [5, 5.41) is 5.59. The second kappa shape index (κ2) is 12.8. The van der Waals surface area contributed by atoms with Gasteiger partial charge in [-0.25, -0.2) is 0 Å². The Morgan fingerprint density at radius 1 is 1.24 bits per heavy atom. The number of likely N-dealkylation sites (N-methyl/N-ethyl adjacent to an activating group) is 1. The van der Waals surface area contributed by atoms with Crippen LogP contribution < -0.4 is 15.5 Å². The number of nitrogens with zero attached hydrogens (tertiary/aromatic N) is 4. The second-order valence-electron chi connectivity index (χ2n) is 12.9. The molecule has 0 aromatic carbocycles. The van der Waals surface area contributed by atoms with Crippen molar-refractivity contribution >= 4 is 29.2 Å². The molecule has 1 aliphatic carbocycles. The number of likely N-dealkylation sites (tertiary alicyclic amines) is 1. The summed E-state index contributed by atoms with van der Waals surface area (Å²) in [5.41, 5.74) is -0.0667. The molecule has 7 rings (SSSR count). The van der Waals surface area contributed by atoms with Crippen molar-refractivity contribution in [3.8, 4) is 0 Å². The summed E-state index contributed by atoms with van der Waals surface area (Å²) in [4.78, 5) is 39.2. The minimum Gasteiger partial charge on any atom is -0.431 e. The van der Waals surface area contributed by atoms with E-state index in [0.717, 1.165) is 30.6 Å². The number of anilines is 1. The van der Waals surface area contributed by atoms with Crippen molar-refractivity contribution in [1.82, 2.24) is 25.5 Å². The van der Waals surface area contributed by atoms with Crippen molar-refractivity contribution in [1.29, 1.82) is 0 Å². The molecule has 248 valence electrons. The van der Waals surface area contributed by atoms with E-state index in [2.05, 4.69) is 20.6 Å². The zero-order chi connectivity index (χ0) is 31.8. The molecule has 4 aliphatic heterocycles. The lowest BCUT2D eigenvalue weighted by Crippen LogP contribution is -2.64. The number of rotatable bonds is 12. The van der Waals surface area contributed by atoms with Crippen LogP contribution in [0.3, 0.4) is 0 Å². The van der Waals surface area contributed by atoms with Crippen LogP contribution in [-0.2, 0) is 36.6 Å². The standard InChI is InChI=1S/C29H39F3N6O6S/c1-18(43-14-27-5-3-19(4-6-27)44-15-27)23(25(40)33-2)36-24(39)21-8-37(17-41-9-20-7-34-16-45-20)11-28(21)12-38(13-28)26-35-22(10-42-26)29(30,31)32/h7,10,16,18-19,21,23H,3-6,8-9,11-15,17H2,1-2H3,(H,33,40)(H,36,39)/t18-,19?,21+,23+,27?/m1/s1. The highest BCUT2D eigenvalue weighted by atomic mass is 32.1. The summed E-state index contributed by atoms with van der Waals surface area (Å²) in [6, 6.07) is -1.08. The molecule has 3 atom stereocenters. The first-order chi connectivity index (χ1) is 21.5. The highest BCUT2D eigenvalue weighted by Gasteiger charge is 2.58. The number of carbonyl (C=O) groups is 2. The van der Waals surface area contributed by atoms with Crippen molar-refractivity contribution in [2.45, 2.75) is 63.6 Å². The van der Waals surface area contributed by atoms with Crippen LogP contribution in [0.25, 0.3) is 0 Å². The Kier molecular flexibility index (Phi) is 9.13. The average Bonchev–Trinajstić information content (AvgIpc) is 3.79. The van der Waals surface area contributed by atoms with Gasteiger partial charge in [0.25, 0.3) is 6.01 Å². The topological polar surface area (TPSA) is 131 Å². The van der Waals surface area contributed by atoms with Gasteiger partial charge >= 0.3 is 6.18 Å². The number of amides is 2. The van der Waals surface area contributed by atoms with Crippen molar-refractivity contribution < 1.29 is 41.4 Å². The molecule has 16 heteroatoms. The number of fused-ring (bicyclic) bond motifs is 3. The Bertz CT molecular complexity index is 1310. The largest absolute Gasteiger partial charge is 0.436 e. The Labute approximate surface area is 263 Å². The number of carbonyl (C=O) groups excluding carboxylic acids is 2. The van der Waals surface area contributed by atoms with Crippen LogP contribution in [0.4, 0.5) is 19.2 Å². The lowest BCUT2D eigenvalue weighted by molar-refractivity contribution is -0.155. The second-order valence-corrected chi connectivity index (χ2v) is 13.8. The van der Waals surface area contributed by atoms with Gasteiger partial charge in [-0.2, -0.15) is 18.2 Å². The zero-order valence-electron chi connectivity index (χ0n) is 25.3. The number of alkyl halides is 3. The van der Waals surface area contributed by atoms with Crippen LogP contribution in [0.15, 0.2) is 22.4 Å². The number of aromatic nitrogens is 2. The van der Waals surface area contributed by atoms with E-state index >= 15 is 0 Å². The summed E-state index contributed by atoms with van der Waals surface area (Å²) >= 11 is 1.48. The Morgan fingerprint density at radius 3 is 2.64 bits per heavy atom.